The van der Waals surface area contributed by atoms with E-state index in [1.807, 2.05) is 0 Å². The van der Waals surface area contributed by atoms with Crippen LogP contribution in [0.1, 0.15) is 71.1 Å². The standard InChI is InChI=1S/C20H32O3Se/c1-17(24-19-14-10-7-11-15-19)12-8-5-3-2-4-6-9-13-18(21)16-20(22)23/h7,10-11,14-15,17-18,21H,2-6,8-9,12-13,16H2,1H3,(H,22,23)/t17-,18-/m0/s1. The Morgan fingerprint density at radius 3 is 2.08 bits per heavy atom. The molecular formula is C20H32O3Se. The summed E-state index contributed by atoms with van der Waals surface area (Å²) in [7, 11) is 0. The van der Waals surface area contributed by atoms with Crippen molar-refractivity contribution in [1.29, 1.82) is 0 Å². The Bertz CT molecular complexity index is 436. The number of unbranched alkanes of at least 4 members (excludes halogenated alkanes) is 6. The number of carboxylic acids is 1. The zero-order valence-corrected chi connectivity index (χ0v) is 16.5. The Morgan fingerprint density at radius 2 is 1.50 bits per heavy atom. The maximum absolute atomic E-state index is 10.4. The molecule has 0 fully saturated rings. The molecule has 0 amide bonds. The van der Waals surface area contributed by atoms with E-state index in [9.17, 15) is 9.90 Å². The van der Waals surface area contributed by atoms with Crippen LogP contribution in [0.2, 0.25) is 4.82 Å². The van der Waals surface area contributed by atoms with Crippen LogP contribution in [0.25, 0.3) is 0 Å². The molecule has 4 heteroatoms. The number of hydrogen-bond acceptors (Lipinski definition) is 2. The number of benzene rings is 1. The van der Waals surface area contributed by atoms with Gasteiger partial charge in [-0.05, 0) is 0 Å². The van der Waals surface area contributed by atoms with Crippen molar-refractivity contribution in [3.63, 3.8) is 0 Å². The molecule has 136 valence electrons. The maximum atomic E-state index is 10.4. The van der Waals surface area contributed by atoms with Crippen LogP contribution >= 0.6 is 0 Å². The Balaban J connectivity index is 1.89. The molecule has 0 radical (unpaired) electrons. The summed E-state index contributed by atoms with van der Waals surface area (Å²) in [5, 5.41) is 18.0. The first kappa shape index (κ1) is 21.2. The van der Waals surface area contributed by atoms with Gasteiger partial charge in [0.2, 0.25) is 0 Å². The van der Waals surface area contributed by atoms with E-state index in [2.05, 4.69) is 37.3 Å². The number of aliphatic carboxylic acids is 1. The monoisotopic (exact) mass is 400 g/mol. The summed E-state index contributed by atoms with van der Waals surface area (Å²) in [4.78, 5) is 11.3. The third-order valence-corrected chi connectivity index (χ3v) is 6.62. The fraction of sp³-hybridized carbons (Fsp3) is 0.650. The van der Waals surface area contributed by atoms with Gasteiger partial charge >= 0.3 is 143 Å². The summed E-state index contributed by atoms with van der Waals surface area (Å²) < 4.78 is 1.50. The first-order chi connectivity index (χ1) is 11.6. The molecule has 1 rings (SSSR count). The molecule has 0 aliphatic heterocycles. The summed E-state index contributed by atoms with van der Waals surface area (Å²) in [6, 6.07) is 10.8. The minimum atomic E-state index is -0.912. The van der Waals surface area contributed by atoms with Gasteiger partial charge in [-0.3, -0.25) is 4.79 Å². The first-order valence-electron chi connectivity index (χ1n) is 9.19. The van der Waals surface area contributed by atoms with Gasteiger partial charge in [0.1, 0.15) is 0 Å². The number of hydrogen-bond donors (Lipinski definition) is 2. The predicted octanol–water partition coefficient (Wildman–Crippen LogP) is 4.17. The van der Waals surface area contributed by atoms with Gasteiger partial charge in [0, 0.05) is 0 Å². The van der Waals surface area contributed by atoms with Crippen LogP contribution in [-0.4, -0.2) is 37.2 Å². The fourth-order valence-corrected chi connectivity index (χ4v) is 5.02. The van der Waals surface area contributed by atoms with Gasteiger partial charge in [-0.1, -0.05) is 0 Å². The molecule has 24 heavy (non-hydrogen) atoms. The zero-order chi connectivity index (χ0) is 17.6. The van der Waals surface area contributed by atoms with Gasteiger partial charge < -0.3 is 5.11 Å². The molecule has 0 saturated heterocycles. The van der Waals surface area contributed by atoms with E-state index in [1.54, 1.807) is 0 Å². The summed E-state index contributed by atoms with van der Waals surface area (Å²) in [6.45, 7) is 2.37. The molecule has 3 nitrogen and oxygen atoms in total. The Hall–Kier alpha value is -0.831. The third kappa shape index (κ3) is 11.7. The molecule has 0 aliphatic rings. The van der Waals surface area contributed by atoms with Crippen molar-refractivity contribution in [1.82, 2.24) is 0 Å². The van der Waals surface area contributed by atoms with Gasteiger partial charge in [-0.15, -0.1) is 0 Å². The van der Waals surface area contributed by atoms with Crippen LogP contribution in [0.4, 0.5) is 0 Å². The summed E-state index contributed by atoms with van der Waals surface area (Å²) in [6.07, 6.45) is 9.58. The van der Waals surface area contributed by atoms with Crippen LogP contribution < -0.4 is 4.46 Å². The van der Waals surface area contributed by atoms with Crippen LogP contribution in [0.3, 0.4) is 0 Å². The molecule has 0 unspecified atom stereocenters. The quantitative estimate of drug-likeness (QED) is 0.365. The van der Waals surface area contributed by atoms with E-state index in [-0.39, 0.29) is 6.42 Å². The van der Waals surface area contributed by atoms with Crippen molar-refractivity contribution in [2.45, 2.75) is 82.1 Å². The van der Waals surface area contributed by atoms with E-state index in [4.69, 9.17) is 5.11 Å². The second kappa shape index (κ2) is 13.5. The van der Waals surface area contributed by atoms with E-state index < -0.39 is 12.1 Å². The van der Waals surface area contributed by atoms with Gasteiger partial charge in [-0.25, -0.2) is 0 Å². The van der Waals surface area contributed by atoms with Gasteiger partial charge in [0.25, 0.3) is 0 Å². The van der Waals surface area contributed by atoms with Gasteiger partial charge in [-0.2, -0.15) is 0 Å². The number of aliphatic hydroxyl groups is 1. The van der Waals surface area contributed by atoms with Crippen LogP contribution in [0.15, 0.2) is 30.3 Å². The van der Waals surface area contributed by atoms with Crippen LogP contribution in [0.5, 0.6) is 0 Å². The number of aliphatic hydroxyl groups excluding tert-OH is 1. The molecule has 0 saturated carbocycles. The predicted molar refractivity (Wildman–Crippen MR) is 101 cm³/mol. The van der Waals surface area contributed by atoms with Gasteiger partial charge in [0.05, 0.1) is 0 Å². The number of carbonyl (C=O) groups is 1. The summed E-state index contributed by atoms with van der Waals surface area (Å²) in [5.74, 6) is -0.912. The number of carboxylic acid groups (broad SMARTS) is 1. The first-order valence-corrected chi connectivity index (χ1v) is 11.0. The fourth-order valence-electron chi connectivity index (χ4n) is 2.79. The van der Waals surface area contributed by atoms with Crippen molar-refractivity contribution in [2.24, 2.45) is 0 Å². The Kier molecular flexibility index (Phi) is 11.9. The molecule has 1 aromatic rings. The molecule has 2 N–H and O–H groups in total. The average Bonchev–Trinajstić information content (AvgIpc) is 2.53. The topological polar surface area (TPSA) is 57.5 Å². The van der Waals surface area contributed by atoms with E-state index >= 15 is 0 Å². The Morgan fingerprint density at radius 1 is 0.958 bits per heavy atom. The molecule has 0 heterocycles. The normalized spacial score (nSPS) is 13.6. The second-order valence-electron chi connectivity index (χ2n) is 6.55. The molecule has 0 spiro atoms. The van der Waals surface area contributed by atoms with Crippen molar-refractivity contribution in [3.05, 3.63) is 30.3 Å². The van der Waals surface area contributed by atoms with E-state index in [0.717, 1.165) is 17.7 Å². The second-order valence-corrected chi connectivity index (χ2v) is 9.72. The van der Waals surface area contributed by atoms with E-state index in [0.29, 0.717) is 21.4 Å². The van der Waals surface area contributed by atoms with Crippen molar-refractivity contribution in [2.75, 3.05) is 0 Å². The Labute approximate surface area is 153 Å². The summed E-state index contributed by atoms with van der Waals surface area (Å²) in [5.41, 5.74) is 0. The van der Waals surface area contributed by atoms with Crippen LogP contribution in [0, 0.1) is 0 Å². The third-order valence-electron chi connectivity index (χ3n) is 4.14. The molecule has 1 aromatic carbocycles. The zero-order valence-electron chi connectivity index (χ0n) is 14.8. The number of rotatable bonds is 14. The minimum absolute atomic E-state index is 0.122. The average molecular weight is 399 g/mol. The van der Waals surface area contributed by atoms with Crippen LogP contribution in [-0.2, 0) is 4.79 Å². The summed E-state index contributed by atoms with van der Waals surface area (Å²) >= 11 is 0.595. The molecule has 0 aromatic heterocycles. The van der Waals surface area contributed by atoms with Crippen molar-refractivity contribution in [3.8, 4) is 0 Å². The molecular weight excluding hydrogens is 367 g/mol. The molecule has 2 atom stereocenters. The van der Waals surface area contributed by atoms with Crippen molar-refractivity contribution < 1.29 is 15.0 Å². The van der Waals surface area contributed by atoms with Crippen molar-refractivity contribution >= 4 is 25.4 Å². The molecule has 0 aliphatic carbocycles. The SMILES string of the molecule is C[C@@H](CCCCCCCCC[C@H](O)CC(=O)O)[Se]c1ccccc1. The van der Waals surface area contributed by atoms with E-state index in [1.165, 1.54) is 43.0 Å². The van der Waals surface area contributed by atoms with Gasteiger partial charge in [0.15, 0.2) is 0 Å². The molecule has 0 bridgehead atoms.